The highest BCUT2D eigenvalue weighted by molar-refractivity contribution is 5.85. The van der Waals surface area contributed by atoms with E-state index >= 15 is 0 Å². The Kier molecular flexibility index (Phi) is 7.21. The highest BCUT2D eigenvalue weighted by atomic mass is 16.5. The van der Waals surface area contributed by atoms with Gasteiger partial charge in [-0.15, -0.1) is 0 Å². The molecule has 1 heterocycles. The van der Waals surface area contributed by atoms with Gasteiger partial charge in [0, 0.05) is 32.6 Å². The zero-order chi connectivity index (χ0) is 20.5. The predicted molar refractivity (Wildman–Crippen MR) is 105 cm³/mol. The summed E-state index contributed by atoms with van der Waals surface area (Å²) in [7, 11) is 0. The number of nitrogens with one attached hydrogen (secondary N) is 1. The van der Waals surface area contributed by atoms with Crippen LogP contribution >= 0.6 is 0 Å². The Morgan fingerprint density at radius 3 is 2.48 bits per heavy atom. The van der Waals surface area contributed by atoms with Crippen LogP contribution in [0.15, 0.2) is 54.6 Å². The molecule has 0 radical (unpaired) electrons. The highest BCUT2D eigenvalue weighted by Gasteiger charge is 2.41. The summed E-state index contributed by atoms with van der Waals surface area (Å²) in [5.41, 5.74) is 0.895. The van der Waals surface area contributed by atoms with Crippen molar-refractivity contribution in [2.75, 3.05) is 19.8 Å². The van der Waals surface area contributed by atoms with E-state index in [1.807, 2.05) is 36.4 Å². The predicted octanol–water partition coefficient (Wildman–Crippen LogP) is 2.53. The fraction of sp³-hybridized carbons (Fsp3) is 0.364. The van der Waals surface area contributed by atoms with Gasteiger partial charge >= 0.3 is 5.97 Å². The summed E-state index contributed by atoms with van der Waals surface area (Å²) >= 11 is 0. The van der Waals surface area contributed by atoms with Gasteiger partial charge in [0.1, 0.15) is 5.75 Å². The molecule has 2 aromatic carbocycles. The summed E-state index contributed by atoms with van der Waals surface area (Å²) < 4.78 is 16.7. The summed E-state index contributed by atoms with van der Waals surface area (Å²) in [5.74, 6) is -0.769. The van der Waals surface area contributed by atoms with Gasteiger partial charge < -0.3 is 24.6 Å². The van der Waals surface area contributed by atoms with E-state index in [4.69, 9.17) is 19.3 Å². The number of ether oxygens (including phenoxy) is 3. The first-order valence-corrected chi connectivity index (χ1v) is 9.55. The fourth-order valence-electron chi connectivity index (χ4n) is 3.17. The van der Waals surface area contributed by atoms with Crippen LogP contribution in [0.1, 0.15) is 24.0 Å². The van der Waals surface area contributed by atoms with Gasteiger partial charge in [0.25, 0.3) is 5.91 Å². The van der Waals surface area contributed by atoms with Gasteiger partial charge in [-0.05, 0) is 23.3 Å². The van der Waals surface area contributed by atoms with Gasteiger partial charge in [0.2, 0.25) is 0 Å². The average molecular weight is 399 g/mol. The van der Waals surface area contributed by atoms with E-state index in [1.54, 1.807) is 18.2 Å². The number of carboxylic acid groups (broad SMARTS) is 1. The summed E-state index contributed by atoms with van der Waals surface area (Å²) in [5, 5.41) is 11.7. The molecule has 0 bridgehead atoms. The molecule has 0 aromatic heterocycles. The molecule has 1 amide bonds. The summed E-state index contributed by atoms with van der Waals surface area (Å²) in [4.78, 5) is 23.7. The number of amides is 1. The molecule has 3 rings (SSSR count). The Bertz CT molecular complexity index is 817. The molecule has 0 saturated carbocycles. The highest BCUT2D eigenvalue weighted by Crippen LogP contribution is 2.27. The van der Waals surface area contributed by atoms with Crippen LogP contribution in [0, 0.1) is 0 Å². The van der Waals surface area contributed by atoms with Crippen LogP contribution in [-0.4, -0.2) is 42.4 Å². The molecule has 0 unspecified atom stereocenters. The molecular formula is C22H25NO6. The Labute approximate surface area is 169 Å². The zero-order valence-electron chi connectivity index (χ0n) is 16.1. The molecule has 2 N–H and O–H groups in total. The SMILES string of the molecule is O=C(O)COc1cccc(CNC(=O)C2(OCc3ccccc3)CCOCC2)c1. The number of aliphatic carboxylic acids is 1. The maximum atomic E-state index is 13.0. The van der Waals surface area contributed by atoms with Crippen molar-refractivity contribution in [3.05, 3.63) is 65.7 Å². The van der Waals surface area contributed by atoms with Crippen molar-refractivity contribution < 1.29 is 28.9 Å². The fourth-order valence-corrected chi connectivity index (χ4v) is 3.17. The lowest BCUT2D eigenvalue weighted by atomic mass is 9.92. The van der Waals surface area contributed by atoms with Crippen molar-refractivity contribution in [1.29, 1.82) is 0 Å². The third-order valence-corrected chi connectivity index (χ3v) is 4.79. The quantitative estimate of drug-likeness (QED) is 0.673. The number of hydrogen-bond donors (Lipinski definition) is 2. The van der Waals surface area contributed by atoms with E-state index in [0.717, 1.165) is 11.1 Å². The smallest absolute Gasteiger partial charge is 0.341 e. The third kappa shape index (κ3) is 6.04. The first kappa shape index (κ1) is 20.8. The normalized spacial score (nSPS) is 15.4. The van der Waals surface area contributed by atoms with Gasteiger partial charge in [0.15, 0.2) is 12.2 Å². The van der Waals surface area contributed by atoms with Crippen molar-refractivity contribution in [3.63, 3.8) is 0 Å². The van der Waals surface area contributed by atoms with Gasteiger partial charge in [-0.3, -0.25) is 4.79 Å². The summed E-state index contributed by atoms with van der Waals surface area (Å²) in [6.07, 6.45) is 0.987. The summed E-state index contributed by atoms with van der Waals surface area (Å²) in [6.45, 7) is 1.18. The largest absolute Gasteiger partial charge is 0.482 e. The number of hydrogen-bond acceptors (Lipinski definition) is 5. The number of rotatable bonds is 9. The van der Waals surface area contributed by atoms with E-state index in [2.05, 4.69) is 5.32 Å². The van der Waals surface area contributed by atoms with Crippen LogP contribution < -0.4 is 10.1 Å². The second kappa shape index (κ2) is 10.0. The maximum Gasteiger partial charge on any atom is 0.341 e. The second-order valence-corrected chi connectivity index (χ2v) is 6.89. The minimum Gasteiger partial charge on any atom is -0.482 e. The molecule has 1 fully saturated rings. The molecule has 1 saturated heterocycles. The number of carbonyl (C=O) groups excluding carboxylic acids is 1. The van der Waals surface area contributed by atoms with Crippen LogP contribution in [0.4, 0.5) is 0 Å². The maximum absolute atomic E-state index is 13.0. The lowest BCUT2D eigenvalue weighted by Crippen LogP contribution is -2.52. The second-order valence-electron chi connectivity index (χ2n) is 6.89. The van der Waals surface area contributed by atoms with E-state index in [0.29, 0.717) is 45.0 Å². The molecule has 29 heavy (non-hydrogen) atoms. The lowest BCUT2D eigenvalue weighted by molar-refractivity contribution is -0.163. The molecule has 154 valence electrons. The molecule has 1 aliphatic rings. The Morgan fingerprint density at radius 1 is 1.03 bits per heavy atom. The first-order valence-electron chi connectivity index (χ1n) is 9.55. The van der Waals surface area contributed by atoms with E-state index < -0.39 is 18.2 Å². The van der Waals surface area contributed by atoms with Crippen LogP contribution in [0.3, 0.4) is 0 Å². The van der Waals surface area contributed by atoms with Crippen LogP contribution in [0.25, 0.3) is 0 Å². The average Bonchev–Trinajstić information content (AvgIpc) is 2.76. The molecule has 1 aliphatic heterocycles. The lowest BCUT2D eigenvalue weighted by Gasteiger charge is -2.35. The van der Waals surface area contributed by atoms with Gasteiger partial charge in [0.05, 0.1) is 6.61 Å². The molecule has 7 nitrogen and oxygen atoms in total. The third-order valence-electron chi connectivity index (χ3n) is 4.79. The molecule has 0 atom stereocenters. The van der Waals surface area contributed by atoms with Crippen molar-refractivity contribution in [3.8, 4) is 5.75 Å². The van der Waals surface area contributed by atoms with E-state index in [9.17, 15) is 9.59 Å². The van der Waals surface area contributed by atoms with Crippen molar-refractivity contribution in [2.45, 2.75) is 31.6 Å². The van der Waals surface area contributed by atoms with E-state index in [1.165, 1.54) is 0 Å². The number of carbonyl (C=O) groups is 2. The van der Waals surface area contributed by atoms with Crippen LogP contribution in [-0.2, 0) is 32.2 Å². The molecule has 0 aliphatic carbocycles. The van der Waals surface area contributed by atoms with Gasteiger partial charge in [-0.2, -0.15) is 0 Å². The first-order chi connectivity index (χ1) is 14.1. The number of benzene rings is 2. The van der Waals surface area contributed by atoms with Gasteiger partial charge in [-0.25, -0.2) is 4.79 Å². The molecule has 2 aromatic rings. The molecular weight excluding hydrogens is 374 g/mol. The summed E-state index contributed by atoms with van der Waals surface area (Å²) in [6, 6.07) is 16.7. The topological polar surface area (TPSA) is 94.1 Å². The monoisotopic (exact) mass is 399 g/mol. The molecule has 0 spiro atoms. The minimum atomic E-state index is -1.04. The van der Waals surface area contributed by atoms with Crippen LogP contribution in [0.5, 0.6) is 5.75 Å². The van der Waals surface area contributed by atoms with E-state index in [-0.39, 0.29) is 5.91 Å². The number of carboxylic acids is 1. The minimum absolute atomic E-state index is 0.173. The standard InChI is InChI=1S/C22H25NO6/c24-20(25)16-28-19-8-4-7-18(13-19)14-23-21(26)22(9-11-27-12-10-22)29-15-17-5-2-1-3-6-17/h1-8,13H,9-12,14-16H2,(H,23,26)(H,24,25). The van der Waals surface area contributed by atoms with Crippen molar-refractivity contribution in [1.82, 2.24) is 5.32 Å². The Morgan fingerprint density at radius 2 is 1.76 bits per heavy atom. The van der Waals surface area contributed by atoms with Crippen LogP contribution in [0.2, 0.25) is 0 Å². The Hall–Kier alpha value is -2.90. The zero-order valence-corrected chi connectivity index (χ0v) is 16.1. The van der Waals surface area contributed by atoms with Crippen molar-refractivity contribution in [2.24, 2.45) is 0 Å². The van der Waals surface area contributed by atoms with Gasteiger partial charge in [-0.1, -0.05) is 42.5 Å². The Balaban J connectivity index is 1.61. The van der Waals surface area contributed by atoms with Crippen molar-refractivity contribution >= 4 is 11.9 Å². The molecule has 7 heteroatoms.